The van der Waals surface area contributed by atoms with Gasteiger partial charge in [0.25, 0.3) is 0 Å². The third-order valence-electron chi connectivity index (χ3n) is 2.51. The Balaban J connectivity index is 0.000000861. The van der Waals surface area contributed by atoms with Gasteiger partial charge in [-0.25, -0.2) is 0 Å². The highest BCUT2D eigenvalue weighted by molar-refractivity contribution is 5.34. The van der Waals surface area contributed by atoms with Gasteiger partial charge >= 0.3 is 0 Å². The van der Waals surface area contributed by atoms with Crippen LogP contribution in [0.1, 0.15) is 20.8 Å². The first kappa shape index (κ1) is 15.1. The van der Waals surface area contributed by atoms with Crippen molar-refractivity contribution >= 4 is 0 Å². The van der Waals surface area contributed by atoms with Crippen LogP contribution in [0.3, 0.4) is 0 Å². The minimum absolute atomic E-state index is 0.387. The van der Waals surface area contributed by atoms with Gasteiger partial charge in [-0.15, -0.1) is 0 Å². The zero-order chi connectivity index (χ0) is 14.1. The van der Waals surface area contributed by atoms with Gasteiger partial charge < -0.3 is 9.47 Å². The highest BCUT2D eigenvalue weighted by Crippen LogP contribution is 2.21. The number of benzene rings is 1. The average Bonchev–Trinajstić information content (AvgIpc) is 2.66. The number of hydrogen-bond donors (Lipinski definition) is 0. The largest absolute Gasteiger partial charge is 0.497 e. The lowest BCUT2D eigenvalue weighted by Crippen LogP contribution is -1.94. The molecule has 2 nitrogen and oxygen atoms in total. The minimum atomic E-state index is 0.387. The van der Waals surface area contributed by atoms with Crippen molar-refractivity contribution in [2.45, 2.75) is 20.8 Å². The number of allylic oxidation sites excluding steroid dienone is 5. The van der Waals surface area contributed by atoms with Crippen molar-refractivity contribution in [2.75, 3.05) is 7.11 Å². The lowest BCUT2D eigenvalue weighted by atomic mass is 10.1. The molecule has 0 spiro atoms. The highest BCUT2D eigenvalue weighted by atomic mass is 16.5. The van der Waals surface area contributed by atoms with Gasteiger partial charge in [0.1, 0.15) is 17.3 Å². The quantitative estimate of drug-likeness (QED) is 0.779. The maximum Gasteiger partial charge on any atom is 0.127 e. The van der Waals surface area contributed by atoms with Crippen LogP contribution in [0.4, 0.5) is 0 Å². The van der Waals surface area contributed by atoms with Crippen molar-refractivity contribution in [3.05, 3.63) is 60.4 Å². The summed E-state index contributed by atoms with van der Waals surface area (Å²) < 4.78 is 10.9. The summed E-state index contributed by atoms with van der Waals surface area (Å²) in [4.78, 5) is 0. The Morgan fingerprint density at radius 3 is 2.21 bits per heavy atom. The molecule has 1 aliphatic rings. The first-order valence-corrected chi connectivity index (χ1v) is 6.66. The summed E-state index contributed by atoms with van der Waals surface area (Å²) in [6.45, 7) is 6.13. The molecular formula is C17H22O2. The van der Waals surface area contributed by atoms with E-state index < -0.39 is 0 Å². The second kappa shape index (κ2) is 8.20. The van der Waals surface area contributed by atoms with Gasteiger partial charge in [0.2, 0.25) is 0 Å². The van der Waals surface area contributed by atoms with Crippen molar-refractivity contribution in [3.8, 4) is 11.5 Å². The lowest BCUT2D eigenvalue weighted by molar-refractivity contribution is 0.410. The Bertz CT molecular complexity index is 453. The topological polar surface area (TPSA) is 18.5 Å². The fourth-order valence-corrected chi connectivity index (χ4v) is 1.61. The summed E-state index contributed by atoms with van der Waals surface area (Å²) in [5.74, 6) is 2.90. The van der Waals surface area contributed by atoms with E-state index in [-0.39, 0.29) is 0 Å². The van der Waals surface area contributed by atoms with E-state index in [9.17, 15) is 0 Å². The molecule has 0 saturated carbocycles. The van der Waals surface area contributed by atoms with Crippen LogP contribution in [-0.4, -0.2) is 7.11 Å². The van der Waals surface area contributed by atoms with E-state index in [4.69, 9.17) is 9.47 Å². The first-order valence-electron chi connectivity index (χ1n) is 6.66. The van der Waals surface area contributed by atoms with E-state index in [2.05, 4.69) is 19.1 Å². The van der Waals surface area contributed by atoms with Crippen LogP contribution in [0.15, 0.2) is 60.4 Å². The maximum atomic E-state index is 5.78. The highest BCUT2D eigenvalue weighted by Gasteiger charge is 2.02. The van der Waals surface area contributed by atoms with Gasteiger partial charge in [0.05, 0.1) is 7.11 Å². The van der Waals surface area contributed by atoms with E-state index in [1.54, 1.807) is 7.11 Å². The molecule has 0 aromatic heterocycles. The van der Waals surface area contributed by atoms with E-state index >= 15 is 0 Å². The van der Waals surface area contributed by atoms with Crippen LogP contribution < -0.4 is 9.47 Å². The molecule has 0 bridgehead atoms. The van der Waals surface area contributed by atoms with Gasteiger partial charge in [-0.1, -0.05) is 39.0 Å². The van der Waals surface area contributed by atoms with Crippen LogP contribution in [0.25, 0.3) is 0 Å². The molecule has 1 aromatic carbocycles. The van der Waals surface area contributed by atoms with Crippen molar-refractivity contribution in [2.24, 2.45) is 5.92 Å². The molecule has 1 atom stereocenters. The third-order valence-corrected chi connectivity index (χ3v) is 2.51. The summed E-state index contributed by atoms with van der Waals surface area (Å²) in [7, 11) is 1.65. The second-order valence-electron chi connectivity index (χ2n) is 3.95. The summed E-state index contributed by atoms with van der Waals surface area (Å²) in [5, 5.41) is 0. The van der Waals surface area contributed by atoms with E-state index in [1.807, 2.05) is 56.3 Å². The standard InChI is InChI=1S/C15H16O2.C2H6/c1-12-5-3-4-6-15(11-12)17-14-9-7-13(16-2)8-10-14;1-2/h3-12H,1-2H3;1-2H3. The summed E-state index contributed by atoms with van der Waals surface area (Å²) >= 11 is 0. The normalized spacial score (nSPS) is 16.8. The van der Waals surface area contributed by atoms with Crippen molar-refractivity contribution < 1.29 is 9.47 Å². The smallest absolute Gasteiger partial charge is 0.127 e. The maximum absolute atomic E-state index is 5.78. The van der Waals surface area contributed by atoms with Gasteiger partial charge in [0.15, 0.2) is 0 Å². The molecule has 0 heterocycles. The molecule has 0 radical (unpaired) electrons. The molecule has 1 aromatic rings. The van der Waals surface area contributed by atoms with Crippen molar-refractivity contribution in [1.82, 2.24) is 0 Å². The molecule has 1 unspecified atom stereocenters. The average molecular weight is 258 g/mol. The van der Waals surface area contributed by atoms with E-state index in [0.29, 0.717) is 5.92 Å². The Hall–Kier alpha value is -1.96. The molecule has 0 saturated heterocycles. The fourth-order valence-electron chi connectivity index (χ4n) is 1.61. The van der Waals surface area contributed by atoms with E-state index in [1.165, 1.54) is 0 Å². The number of ether oxygens (including phenoxy) is 2. The number of hydrogen-bond acceptors (Lipinski definition) is 2. The molecule has 1 aliphatic carbocycles. The first-order chi connectivity index (χ1) is 9.28. The number of methoxy groups -OCH3 is 1. The fraction of sp³-hybridized carbons (Fsp3) is 0.294. The molecule has 102 valence electrons. The van der Waals surface area contributed by atoms with Crippen molar-refractivity contribution in [1.29, 1.82) is 0 Å². The Kier molecular flexibility index (Phi) is 6.51. The van der Waals surface area contributed by atoms with E-state index in [0.717, 1.165) is 17.3 Å². The lowest BCUT2D eigenvalue weighted by Gasteiger charge is -2.08. The minimum Gasteiger partial charge on any atom is -0.497 e. The van der Waals surface area contributed by atoms with Gasteiger partial charge in [0, 0.05) is 0 Å². The third kappa shape index (κ3) is 5.04. The van der Waals surface area contributed by atoms with Crippen LogP contribution in [0.5, 0.6) is 11.5 Å². The van der Waals surface area contributed by atoms with Crippen LogP contribution in [-0.2, 0) is 0 Å². The molecular weight excluding hydrogens is 236 g/mol. The van der Waals surface area contributed by atoms with Crippen LogP contribution >= 0.6 is 0 Å². The summed E-state index contributed by atoms with van der Waals surface area (Å²) in [6.07, 6.45) is 10.2. The number of rotatable bonds is 3. The van der Waals surface area contributed by atoms with Crippen molar-refractivity contribution in [3.63, 3.8) is 0 Å². The zero-order valence-electron chi connectivity index (χ0n) is 12.1. The second-order valence-corrected chi connectivity index (χ2v) is 3.95. The summed E-state index contributed by atoms with van der Waals surface area (Å²) in [5.41, 5.74) is 0. The molecule has 0 N–H and O–H groups in total. The molecule has 0 fully saturated rings. The molecule has 19 heavy (non-hydrogen) atoms. The van der Waals surface area contributed by atoms with Crippen LogP contribution in [0, 0.1) is 5.92 Å². The van der Waals surface area contributed by atoms with Gasteiger partial charge in [-0.3, -0.25) is 0 Å². The monoisotopic (exact) mass is 258 g/mol. The van der Waals surface area contributed by atoms with Crippen LogP contribution in [0.2, 0.25) is 0 Å². The molecule has 2 heteroatoms. The summed E-state index contributed by atoms with van der Waals surface area (Å²) in [6, 6.07) is 7.57. The molecule has 0 aliphatic heterocycles. The Morgan fingerprint density at radius 2 is 1.58 bits per heavy atom. The zero-order valence-corrected chi connectivity index (χ0v) is 12.1. The Labute approximate surface area is 116 Å². The molecule has 0 amide bonds. The van der Waals surface area contributed by atoms with Gasteiger partial charge in [-0.2, -0.15) is 0 Å². The van der Waals surface area contributed by atoms with Gasteiger partial charge in [-0.05, 0) is 42.3 Å². The predicted octanol–water partition coefficient (Wildman–Crippen LogP) is 4.75. The molecule has 2 rings (SSSR count). The predicted molar refractivity (Wildman–Crippen MR) is 80.5 cm³/mol. The SMILES string of the molecule is CC.COc1ccc(OC2=CC(C)C=CC=C2)cc1. The Morgan fingerprint density at radius 1 is 0.947 bits per heavy atom.